The van der Waals surface area contributed by atoms with Crippen LogP contribution in [0.5, 0.6) is 0 Å². The molecule has 10 nitrogen and oxygen atoms in total. The molecule has 4 rings (SSSR count). The normalized spacial score (nSPS) is 10.2. The molecule has 0 fully saturated rings. The van der Waals surface area contributed by atoms with E-state index in [2.05, 4.69) is 30.4 Å². The average Bonchev–Trinajstić information content (AvgIpc) is 3.34. The van der Waals surface area contributed by atoms with Crippen LogP contribution in [0.4, 0.5) is 0 Å². The van der Waals surface area contributed by atoms with Gasteiger partial charge in [-0.2, -0.15) is 5.10 Å². The molecule has 1 amide bonds. The monoisotopic (exact) mass is 397 g/mol. The summed E-state index contributed by atoms with van der Waals surface area (Å²) in [5.74, 6) is -0.204. The second kappa shape index (κ2) is 8.77. The number of nitrogens with zero attached hydrogens (tertiary/aromatic N) is 6. The van der Waals surface area contributed by atoms with Crippen molar-refractivity contribution in [1.82, 2.24) is 35.0 Å². The molecule has 2 N–H and O–H groups in total. The molecule has 0 radical (unpaired) electrons. The highest BCUT2D eigenvalue weighted by Gasteiger charge is 2.11. The standard InChI is InChI=1S/C16H13N7OS.CH2O2/c1-23-14-4-10(5-19-12(14)8-21-23)15(24)20-6-11-9-25-16(22-11)13-7-17-2-3-18-13;2-1-3/h2-5,7-9H,6H2,1H3,(H,20,24);1H,(H,2,3). The van der Waals surface area contributed by atoms with Gasteiger partial charge in [-0.05, 0) is 6.07 Å². The minimum Gasteiger partial charge on any atom is -0.483 e. The van der Waals surface area contributed by atoms with E-state index in [9.17, 15) is 4.79 Å². The van der Waals surface area contributed by atoms with Crippen LogP contribution in [-0.2, 0) is 18.4 Å². The third kappa shape index (κ3) is 4.32. The number of thiazole rings is 1. The predicted molar refractivity (Wildman–Crippen MR) is 102 cm³/mol. The summed E-state index contributed by atoms with van der Waals surface area (Å²) < 4.78 is 1.69. The Kier molecular flexibility index (Phi) is 5.97. The van der Waals surface area contributed by atoms with Crippen LogP contribution in [0.15, 0.2) is 42.4 Å². The topological polar surface area (TPSA) is 136 Å². The molecule has 0 aliphatic heterocycles. The summed E-state index contributed by atoms with van der Waals surface area (Å²) in [6, 6.07) is 1.77. The molecule has 4 heterocycles. The van der Waals surface area contributed by atoms with Gasteiger partial charge in [0.1, 0.15) is 16.2 Å². The van der Waals surface area contributed by atoms with Crippen LogP contribution in [0.2, 0.25) is 0 Å². The summed E-state index contributed by atoms with van der Waals surface area (Å²) >= 11 is 1.47. The van der Waals surface area contributed by atoms with E-state index in [1.54, 1.807) is 41.7 Å². The molecule has 0 aliphatic carbocycles. The van der Waals surface area contributed by atoms with Gasteiger partial charge >= 0.3 is 0 Å². The third-order valence-electron chi connectivity index (χ3n) is 3.63. The van der Waals surface area contributed by atoms with E-state index < -0.39 is 0 Å². The van der Waals surface area contributed by atoms with Gasteiger partial charge in [0.2, 0.25) is 0 Å². The lowest BCUT2D eigenvalue weighted by Crippen LogP contribution is -2.23. The fourth-order valence-electron chi connectivity index (χ4n) is 2.34. The lowest BCUT2D eigenvalue weighted by molar-refractivity contribution is -0.122. The Hall–Kier alpha value is -3.73. The fraction of sp³-hybridized carbons (Fsp3) is 0.118. The molecule has 0 bridgehead atoms. The SMILES string of the molecule is Cn1ncc2ncc(C(=O)NCc3csc(-c4cnccn4)n3)cc21.O=CO. The van der Waals surface area contributed by atoms with Gasteiger partial charge in [0.05, 0.1) is 35.7 Å². The Balaban J connectivity index is 0.000000706. The molecule has 11 heteroatoms. The van der Waals surface area contributed by atoms with Crippen molar-refractivity contribution in [2.45, 2.75) is 6.54 Å². The summed E-state index contributed by atoms with van der Waals surface area (Å²) in [6.07, 6.45) is 8.12. The van der Waals surface area contributed by atoms with Crippen LogP contribution in [-0.4, -0.2) is 47.2 Å². The van der Waals surface area contributed by atoms with Crippen molar-refractivity contribution in [3.05, 3.63) is 53.7 Å². The number of rotatable bonds is 4. The first-order valence-electron chi connectivity index (χ1n) is 7.97. The summed E-state index contributed by atoms with van der Waals surface area (Å²) in [5.41, 5.74) is 3.54. The van der Waals surface area contributed by atoms with Crippen LogP contribution >= 0.6 is 11.3 Å². The number of fused-ring (bicyclic) bond motifs is 1. The molecular weight excluding hydrogens is 382 g/mol. The van der Waals surface area contributed by atoms with Crippen molar-refractivity contribution < 1.29 is 14.7 Å². The number of carboxylic acid groups (broad SMARTS) is 1. The minimum atomic E-state index is -0.250. The van der Waals surface area contributed by atoms with Crippen LogP contribution in [0.1, 0.15) is 16.1 Å². The first-order valence-corrected chi connectivity index (χ1v) is 8.85. The van der Waals surface area contributed by atoms with Crippen molar-refractivity contribution in [3.8, 4) is 10.7 Å². The van der Waals surface area contributed by atoms with Crippen molar-refractivity contribution in [1.29, 1.82) is 0 Å². The Bertz CT molecular complexity index is 1090. The van der Waals surface area contributed by atoms with Crippen molar-refractivity contribution >= 4 is 34.7 Å². The number of nitrogens with one attached hydrogen (secondary N) is 1. The number of carbonyl (C=O) groups excluding carboxylic acids is 1. The predicted octanol–water partition coefficient (Wildman–Crippen LogP) is 1.51. The maximum Gasteiger partial charge on any atom is 0.290 e. The summed E-state index contributed by atoms with van der Waals surface area (Å²) in [7, 11) is 1.81. The van der Waals surface area contributed by atoms with Gasteiger partial charge in [0, 0.05) is 31.0 Å². The number of hydrogen-bond acceptors (Lipinski definition) is 8. The van der Waals surface area contributed by atoms with E-state index in [0.29, 0.717) is 12.1 Å². The second-order valence-corrected chi connectivity index (χ2v) is 6.28. The van der Waals surface area contributed by atoms with Crippen molar-refractivity contribution in [3.63, 3.8) is 0 Å². The largest absolute Gasteiger partial charge is 0.483 e. The molecule has 0 saturated heterocycles. The quantitative estimate of drug-likeness (QED) is 0.495. The number of aryl methyl sites for hydroxylation is 1. The zero-order valence-electron chi connectivity index (χ0n) is 14.7. The Morgan fingerprint density at radius 2 is 2.11 bits per heavy atom. The van der Waals surface area contributed by atoms with Gasteiger partial charge in [-0.1, -0.05) is 0 Å². The highest BCUT2D eigenvalue weighted by Crippen LogP contribution is 2.20. The van der Waals surface area contributed by atoms with E-state index in [0.717, 1.165) is 27.4 Å². The first kappa shape index (κ1) is 19.0. The molecule has 0 aromatic carbocycles. The number of hydrogen-bond donors (Lipinski definition) is 2. The summed E-state index contributed by atoms with van der Waals surface area (Å²) in [5, 5.41) is 16.5. The van der Waals surface area contributed by atoms with Gasteiger partial charge < -0.3 is 10.4 Å². The van der Waals surface area contributed by atoms with E-state index >= 15 is 0 Å². The molecular formula is C17H15N7O3S. The van der Waals surface area contributed by atoms with Crippen LogP contribution in [0.25, 0.3) is 21.7 Å². The lowest BCUT2D eigenvalue weighted by Gasteiger charge is -2.03. The molecule has 142 valence electrons. The minimum absolute atomic E-state index is 0.204. The van der Waals surface area contributed by atoms with Gasteiger partial charge in [-0.3, -0.25) is 29.2 Å². The second-order valence-electron chi connectivity index (χ2n) is 5.42. The van der Waals surface area contributed by atoms with Gasteiger partial charge in [-0.25, -0.2) is 4.98 Å². The zero-order valence-corrected chi connectivity index (χ0v) is 15.5. The van der Waals surface area contributed by atoms with E-state index in [4.69, 9.17) is 9.90 Å². The molecule has 4 aromatic heterocycles. The lowest BCUT2D eigenvalue weighted by atomic mass is 10.2. The van der Waals surface area contributed by atoms with Gasteiger partial charge in [0.15, 0.2) is 0 Å². The van der Waals surface area contributed by atoms with E-state index in [-0.39, 0.29) is 12.4 Å². The highest BCUT2D eigenvalue weighted by molar-refractivity contribution is 7.13. The average molecular weight is 397 g/mol. The Morgan fingerprint density at radius 3 is 2.86 bits per heavy atom. The molecule has 0 atom stereocenters. The van der Waals surface area contributed by atoms with Gasteiger partial charge in [-0.15, -0.1) is 11.3 Å². The summed E-state index contributed by atoms with van der Waals surface area (Å²) in [6.45, 7) is 0.0824. The maximum absolute atomic E-state index is 12.3. The zero-order chi connectivity index (χ0) is 19.9. The van der Waals surface area contributed by atoms with Crippen LogP contribution in [0.3, 0.4) is 0 Å². The highest BCUT2D eigenvalue weighted by atomic mass is 32.1. The molecule has 0 saturated carbocycles. The number of pyridine rings is 1. The molecule has 4 aromatic rings. The van der Waals surface area contributed by atoms with Crippen LogP contribution in [0, 0.1) is 0 Å². The first-order chi connectivity index (χ1) is 13.6. The summed E-state index contributed by atoms with van der Waals surface area (Å²) in [4.78, 5) is 37.7. The Morgan fingerprint density at radius 1 is 1.29 bits per heavy atom. The van der Waals surface area contributed by atoms with Crippen molar-refractivity contribution in [2.75, 3.05) is 0 Å². The molecule has 0 unspecified atom stereocenters. The smallest absolute Gasteiger partial charge is 0.290 e. The maximum atomic E-state index is 12.3. The van der Waals surface area contributed by atoms with E-state index in [1.807, 2.05) is 12.4 Å². The number of amides is 1. The van der Waals surface area contributed by atoms with Gasteiger partial charge in [0.25, 0.3) is 12.4 Å². The Labute approximate surface area is 162 Å². The third-order valence-corrected chi connectivity index (χ3v) is 4.54. The van der Waals surface area contributed by atoms with E-state index in [1.165, 1.54) is 11.3 Å². The molecule has 0 spiro atoms. The number of aromatic nitrogens is 6. The number of carbonyl (C=O) groups is 2. The molecule has 0 aliphatic rings. The van der Waals surface area contributed by atoms with Crippen molar-refractivity contribution in [2.24, 2.45) is 7.05 Å². The molecule has 28 heavy (non-hydrogen) atoms. The fourth-order valence-corrected chi connectivity index (χ4v) is 3.12. The van der Waals surface area contributed by atoms with Crippen LogP contribution < -0.4 is 5.32 Å².